The summed E-state index contributed by atoms with van der Waals surface area (Å²) >= 11 is 0. The number of carbonyl (C=O) groups excluding carboxylic acids is 1. The number of hydrogen-bond donors (Lipinski definition) is 1. The number of aryl methyl sites for hydroxylation is 1. The van der Waals surface area contributed by atoms with Crippen molar-refractivity contribution in [2.75, 3.05) is 19.7 Å². The van der Waals surface area contributed by atoms with Crippen molar-refractivity contribution in [1.29, 1.82) is 0 Å². The minimum atomic E-state index is -0.523. The summed E-state index contributed by atoms with van der Waals surface area (Å²) in [5.41, 5.74) is 0.381. The first-order chi connectivity index (χ1) is 12.1. The van der Waals surface area contributed by atoms with Crippen LogP contribution in [0.15, 0.2) is 24.3 Å². The maximum atomic E-state index is 13.3. The highest BCUT2D eigenvalue weighted by molar-refractivity contribution is 5.89. The number of H-pyrrole nitrogens is 1. The van der Waals surface area contributed by atoms with Gasteiger partial charge in [0.25, 0.3) is 0 Å². The molecule has 2 aromatic rings. The summed E-state index contributed by atoms with van der Waals surface area (Å²) in [6.45, 7) is 3.30. The molecule has 0 spiro atoms. The molecule has 1 atom stereocenters. The molecule has 7 heteroatoms. The van der Waals surface area contributed by atoms with Gasteiger partial charge in [-0.3, -0.25) is 9.89 Å². The van der Waals surface area contributed by atoms with Gasteiger partial charge in [-0.25, -0.2) is 9.37 Å². The average Bonchev–Trinajstić information content (AvgIpc) is 3.02. The maximum Gasteiger partial charge on any atom is 0.233 e. The smallest absolute Gasteiger partial charge is 0.233 e. The molecule has 1 aliphatic heterocycles. The Morgan fingerprint density at radius 2 is 2.12 bits per heavy atom. The zero-order valence-electron chi connectivity index (χ0n) is 14.2. The standard InChI is InChI=1S/C18H21FN4O2/c1-12-20-16(22-21-12)15-11-23(9-10-25-15)17(24)18(7-2-8-18)13-3-5-14(19)6-4-13/h3-6,15H,2,7-11H2,1H3,(H,20,21,22). The predicted molar refractivity (Wildman–Crippen MR) is 88.3 cm³/mol. The van der Waals surface area contributed by atoms with Gasteiger partial charge in [0.05, 0.1) is 18.6 Å². The highest BCUT2D eigenvalue weighted by atomic mass is 19.1. The fourth-order valence-electron chi connectivity index (χ4n) is 3.72. The van der Waals surface area contributed by atoms with Crippen molar-refractivity contribution >= 4 is 5.91 Å². The molecule has 0 bridgehead atoms. The lowest BCUT2D eigenvalue weighted by molar-refractivity contribution is -0.149. The molecule has 132 valence electrons. The van der Waals surface area contributed by atoms with Crippen molar-refractivity contribution < 1.29 is 13.9 Å². The molecular formula is C18H21FN4O2. The van der Waals surface area contributed by atoms with Crippen LogP contribution in [0.1, 0.15) is 42.6 Å². The Bertz CT molecular complexity index is 770. The molecule has 2 aliphatic rings. The molecule has 1 saturated heterocycles. The molecule has 4 rings (SSSR count). The molecule has 1 amide bonds. The van der Waals surface area contributed by atoms with Crippen LogP contribution < -0.4 is 0 Å². The monoisotopic (exact) mass is 344 g/mol. The number of amides is 1. The molecule has 0 radical (unpaired) electrons. The fourth-order valence-corrected chi connectivity index (χ4v) is 3.72. The molecule has 1 aromatic carbocycles. The lowest BCUT2D eigenvalue weighted by Crippen LogP contribution is -2.54. The topological polar surface area (TPSA) is 71.1 Å². The lowest BCUT2D eigenvalue weighted by atomic mass is 9.63. The molecule has 6 nitrogen and oxygen atoms in total. The summed E-state index contributed by atoms with van der Waals surface area (Å²) < 4.78 is 19.0. The number of carbonyl (C=O) groups is 1. The summed E-state index contributed by atoms with van der Waals surface area (Å²) in [4.78, 5) is 19.5. The first-order valence-electron chi connectivity index (χ1n) is 8.64. The van der Waals surface area contributed by atoms with Gasteiger partial charge < -0.3 is 9.64 Å². The van der Waals surface area contributed by atoms with Gasteiger partial charge in [-0.2, -0.15) is 5.10 Å². The summed E-state index contributed by atoms with van der Waals surface area (Å²) in [5, 5.41) is 6.97. The number of rotatable bonds is 3. The van der Waals surface area contributed by atoms with Crippen LogP contribution in [0, 0.1) is 12.7 Å². The number of nitrogens with zero attached hydrogens (tertiary/aromatic N) is 3. The van der Waals surface area contributed by atoms with E-state index in [1.807, 2.05) is 11.8 Å². The minimum absolute atomic E-state index is 0.103. The SMILES string of the molecule is Cc1nc(C2CN(C(=O)C3(c4ccc(F)cc4)CCC3)CCO2)n[nH]1. The number of ether oxygens (including phenoxy) is 1. The van der Waals surface area contributed by atoms with E-state index in [1.165, 1.54) is 12.1 Å². The summed E-state index contributed by atoms with van der Waals surface area (Å²) in [7, 11) is 0. The van der Waals surface area contributed by atoms with Gasteiger partial charge in [-0.05, 0) is 37.5 Å². The van der Waals surface area contributed by atoms with Gasteiger partial charge in [0.15, 0.2) is 5.82 Å². The van der Waals surface area contributed by atoms with E-state index in [4.69, 9.17) is 4.74 Å². The number of halogens is 1. The first-order valence-corrected chi connectivity index (χ1v) is 8.64. The number of aromatic amines is 1. The van der Waals surface area contributed by atoms with Crippen molar-refractivity contribution in [3.8, 4) is 0 Å². The molecule has 1 saturated carbocycles. The minimum Gasteiger partial charge on any atom is -0.366 e. The Labute approximate surface area is 145 Å². The van der Waals surface area contributed by atoms with E-state index in [1.54, 1.807) is 12.1 Å². The Balaban J connectivity index is 1.55. The normalized spacial score (nSPS) is 22.5. The number of aromatic nitrogens is 3. The third kappa shape index (κ3) is 2.82. The van der Waals surface area contributed by atoms with Crippen molar-refractivity contribution in [2.24, 2.45) is 0 Å². The second-order valence-corrected chi connectivity index (χ2v) is 6.83. The van der Waals surface area contributed by atoms with Crippen LogP contribution in [0.3, 0.4) is 0 Å². The molecule has 1 N–H and O–H groups in total. The second kappa shape index (κ2) is 6.22. The predicted octanol–water partition coefficient (Wildman–Crippen LogP) is 2.27. The van der Waals surface area contributed by atoms with Crippen molar-refractivity contribution in [1.82, 2.24) is 20.1 Å². The van der Waals surface area contributed by atoms with E-state index in [2.05, 4.69) is 15.2 Å². The quantitative estimate of drug-likeness (QED) is 0.927. The second-order valence-electron chi connectivity index (χ2n) is 6.83. The lowest BCUT2D eigenvalue weighted by Gasteiger charge is -2.45. The fraction of sp³-hybridized carbons (Fsp3) is 0.500. The number of nitrogens with one attached hydrogen (secondary N) is 1. The van der Waals surface area contributed by atoms with Crippen LogP contribution in [0.2, 0.25) is 0 Å². The average molecular weight is 344 g/mol. The van der Waals surface area contributed by atoms with Gasteiger partial charge >= 0.3 is 0 Å². The molecular weight excluding hydrogens is 323 g/mol. The molecule has 1 aromatic heterocycles. The van der Waals surface area contributed by atoms with Crippen molar-refractivity contribution in [3.63, 3.8) is 0 Å². The number of morpholine rings is 1. The Kier molecular flexibility index (Phi) is 4.03. The largest absolute Gasteiger partial charge is 0.366 e. The Morgan fingerprint density at radius 1 is 1.36 bits per heavy atom. The molecule has 1 unspecified atom stereocenters. The molecule has 1 aliphatic carbocycles. The van der Waals surface area contributed by atoms with Gasteiger partial charge in [0.2, 0.25) is 5.91 Å². The number of hydrogen-bond acceptors (Lipinski definition) is 4. The third-order valence-electron chi connectivity index (χ3n) is 5.27. The van der Waals surface area contributed by atoms with Gasteiger partial charge in [0.1, 0.15) is 17.7 Å². The Morgan fingerprint density at radius 3 is 2.72 bits per heavy atom. The summed E-state index contributed by atoms with van der Waals surface area (Å²) in [5.74, 6) is 1.13. The van der Waals surface area contributed by atoms with Crippen LogP contribution in [-0.2, 0) is 14.9 Å². The summed E-state index contributed by atoms with van der Waals surface area (Å²) in [6.07, 6.45) is 2.31. The van der Waals surface area contributed by atoms with Gasteiger partial charge in [0, 0.05) is 6.54 Å². The van der Waals surface area contributed by atoms with Crippen LogP contribution in [0.25, 0.3) is 0 Å². The van der Waals surface area contributed by atoms with E-state index in [0.717, 1.165) is 30.7 Å². The van der Waals surface area contributed by atoms with E-state index in [0.29, 0.717) is 25.5 Å². The van der Waals surface area contributed by atoms with Crippen molar-refractivity contribution in [2.45, 2.75) is 37.7 Å². The summed E-state index contributed by atoms with van der Waals surface area (Å²) in [6, 6.07) is 6.34. The van der Waals surface area contributed by atoms with E-state index >= 15 is 0 Å². The van der Waals surface area contributed by atoms with Crippen LogP contribution in [0.4, 0.5) is 4.39 Å². The van der Waals surface area contributed by atoms with Gasteiger partial charge in [-0.15, -0.1) is 0 Å². The molecule has 2 fully saturated rings. The number of benzene rings is 1. The zero-order chi connectivity index (χ0) is 17.4. The van der Waals surface area contributed by atoms with Crippen LogP contribution in [-0.4, -0.2) is 45.7 Å². The maximum absolute atomic E-state index is 13.3. The molecule has 2 heterocycles. The first kappa shape index (κ1) is 16.2. The van der Waals surface area contributed by atoms with E-state index in [-0.39, 0.29) is 17.8 Å². The highest BCUT2D eigenvalue weighted by Crippen LogP contribution is 2.45. The molecule has 25 heavy (non-hydrogen) atoms. The van der Waals surface area contributed by atoms with E-state index in [9.17, 15) is 9.18 Å². The van der Waals surface area contributed by atoms with Crippen LogP contribution in [0.5, 0.6) is 0 Å². The van der Waals surface area contributed by atoms with E-state index < -0.39 is 5.41 Å². The van der Waals surface area contributed by atoms with Crippen LogP contribution >= 0.6 is 0 Å². The van der Waals surface area contributed by atoms with Gasteiger partial charge in [-0.1, -0.05) is 18.6 Å². The van der Waals surface area contributed by atoms with Crippen molar-refractivity contribution in [3.05, 3.63) is 47.3 Å². The Hall–Kier alpha value is -2.28. The third-order valence-corrected chi connectivity index (χ3v) is 5.27. The highest BCUT2D eigenvalue weighted by Gasteiger charge is 2.48. The zero-order valence-corrected chi connectivity index (χ0v) is 14.2.